The highest BCUT2D eigenvalue weighted by molar-refractivity contribution is 6.05. The smallest absolute Gasteiger partial charge is 0.261 e. The maximum Gasteiger partial charge on any atom is 0.261 e. The topological polar surface area (TPSA) is 87.5 Å². The van der Waals surface area contributed by atoms with Crippen LogP contribution < -0.4 is 10.6 Å². The molecular formula is C35H31F2N7O. The number of hydrogen-bond acceptors (Lipinski definition) is 6. The molecule has 0 aliphatic rings. The fraction of sp³-hybridized carbons (Fsp3) is 0.143. The number of halogens is 2. The number of hydrogen-bond donors (Lipinski definition) is 2. The van der Waals surface area contributed by atoms with Crippen LogP contribution in [0.5, 0.6) is 0 Å². The van der Waals surface area contributed by atoms with Gasteiger partial charge in [-0.3, -0.25) is 4.79 Å². The van der Waals surface area contributed by atoms with E-state index in [4.69, 9.17) is 10.1 Å². The molecule has 0 bridgehead atoms. The highest BCUT2D eigenvalue weighted by Gasteiger charge is 2.20. The summed E-state index contributed by atoms with van der Waals surface area (Å²) in [5.41, 5.74) is 5.38. The molecule has 2 N–H and O–H groups in total. The number of carbonyl (C=O) groups excluding carboxylic acids is 1. The third-order valence-electron chi connectivity index (χ3n) is 7.32. The van der Waals surface area contributed by atoms with Crippen molar-refractivity contribution in [3.05, 3.63) is 126 Å². The molecule has 6 rings (SSSR count). The molecule has 1 amide bonds. The van der Waals surface area contributed by atoms with Crippen LogP contribution in [-0.2, 0) is 6.42 Å². The molecule has 45 heavy (non-hydrogen) atoms. The van der Waals surface area contributed by atoms with Gasteiger partial charge in [0.15, 0.2) is 0 Å². The second-order valence-electron chi connectivity index (χ2n) is 10.9. The van der Waals surface area contributed by atoms with Gasteiger partial charge in [-0.1, -0.05) is 36.4 Å². The Labute approximate surface area is 259 Å². The van der Waals surface area contributed by atoms with E-state index in [9.17, 15) is 13.6 Å². The molecule has 0 unspecified atom stereocenters. The number of nitrogens with zero attached hydrogens (tertiary/aromatic N) is 5. The molecule has 0 fully saturated rings. The Morgan fingerprint density at radius 3 is 2.44 bits per heavy atom. The number of benzene rings is 3. The zero-order chi connectivity index (χ0) is 31.3. The minimum absolute atomic E-state index is 0.360. The summed E-state index contributed by atoms with van der Waals surface area (Å²) in [4.78, 5) is 24.2. The maximum absolute atomic E-state index is 14.2. The summed E-state index contributed by atoms with van der Waals surface area (Å²) < 4.78 is 30.2. The molecule has 8 nitrogen and oxygen atoms in total. The SMILES string of the molecule is CN(C)CCCc1ccc(Nc2nccc(-c3c(-c4cccc(NC(=O)c5c(F)cccc5F)c4)nn4ccccc34)n2)cc1. The number of fused-ring (bicyclic) bond motifs is 1. The van der Waals surface area contributed by atoms with E-state index in [1.54, 1.807) is 28.9 Å². The summed E-state index contributed by atoms with van der Waals surface area (Å²) in [5.74, 6) is -2.32. The first-order valence-electron chi connectivity index (χ1n) is 14.5. The summed E-state index contributed by atoms with van der Waals surface area (Å²) in [6, 6.07) is 26.1. The van der Waals surface area contributed by atoms with Crippen LogP contribution in [0.25, 0.3) is 28.0 Å². The average Bonchev–Trinajstić information content (AvgIpc) is 3.42. The van der Waals surface area contributed by atoms with Crippen LogP contribution in [0.1, 0.15) is 22.3 Å². The van der Waals surface area contributed by atoms with Crippen molar-refractivity contribution in [2.75, 3.05) is 31.3 Å². The number of aromatic nitrogens is 4. The number of anilines is 3. The van der Waals surface area contributed by atoms with Gasteiger partial charge >= 0.3 is 0 Å². The standard InChI is InChI=1S/C35H31F2N7O/c1-43(2)20-7-8-23-14-16-25(17-15-23)40-35-38-19-18-29(41-35)32-30-13-3-4-21-44(30)42-33(32)24-9-5-10-26(22-24)39-34(45)31-27(36)11-6-12-28(31)37/h3-6,9-19,21-22H,7-8,20H2,1-2H3,(H,39,45)(H,38,40,41). The van der Waals surface area contributed by atoms with Gasteiger partial charge in [-0.15, -0.1) is 0 Å². The van der Waals surface area contributed by atoms with Crippen molar-refractivity contribution in [2.45, 2.75) is 12.8 Å². The Morgan fingerprint density at radius 1 is 0.889 bits per heavy atom. The molecule has 3 aromatic heterocycles. The molecule has 6 aromatic rings. The molecule has 226 valence electrons. The summed E-state index contributed by atoms with van der Waals surface area (Å²) >= 11 is 0. The van der Waals surface area contributed by atoms with E-state index < -0.39 is 23.1 Å². The highest BCUT2D eigenvalue weighted by atomic mass is 19.1. The lowest BCUT2D eigenvalue weighted by Gasteiger charge is -2.10. The number of rotatable bonds is 10. The Kier molecular flexibility index (Phi) is 8.56. The summed E-state index contributed by atoms with van der Waals surface area (Å²) in [6.45, 7) is 1.04. The van der Waals surface area contributed by atoms with Crippen molar-refractivity contribution in [2.24, 2.45) is 0 Å². The number of nitrogens with one attached hydrogen (secondary N) is 2. The minimum atomic E-state index is -0.935. The fourth-order valence-electron chi connectivity index (χ4n) is 5.15. The third-order valence-corrected chi connectivity index (χ3v) is 7.32. The molecule has 0 spiro atoms. The van der Waals surface area contributed by atoms with Gasteiger partial charge in [-0.25, -0.2) is 23.3 Å². The molecule has 0 saturated heterocycles. The largest absolute Gasteiger partial charge is 0.324 e. The molecule has 0 radical (unpaired) electrons. The van der Waals surface area contributed by atoms with Gasteiger partial charge in [0.1, 0.15) is 22.9 Å². The fourth-order valence-corrected chi connectivity index (χ4v) is 5.15. The Hall–Kier alpha value is -5.48. The molecule has 0 saturated carbocycles. The van der Waals surface area contributed by atoms with Crippen molar-refractivity contribution < 1.29 is 13.6 Å². The molecule has 3 aromatic carbocycles. The Bertz CT molecular complexity index is 1950. The summed E-state index contributed by atoms with van der Waals surface area (Å²) in [5, 5.41) is 10.7. The number of pyridine rings is 1. The quantitative estimate of drug-likeness (QED) is 0.172. The van der Waals surface area contributed by atoms with E-state index in [1.165, 1.54) is 11.6 Å². The van der Waals surface area contributed by atoms with Gasteiger partial charge < -0.3 is 15.5 Å². The van der Waals surface area contributed by atoms with Crippen molar-refractivity contribution >= 4 is 28.7 Å². The van der Waals surface area contributed by atoms with Crippen LogP contribution in [-0.4, -0.2) is 51.0 Å². The average molecular weight is 604 g/mol. The molecule has 0 atom stereocenters. The molecule has 0 aliphatic heterocycles. The van der Waals surface area contributed by atoms with Crippen LogP contribution in [0.4, 0.5) is 26.1 Å². The normalized spacial score (nSPS) is 11.2. The first-order chi connectivity index (χ1) is 21.9. The van der Waals surface area contributed by atoms with Crippen LogP contribution >= 0.6 is 0 Å². The van der Waals surface area contributed by atoms with Crippen molar-refractivity contribution in [1.82, 2.24) is 24.5 Å². The molecule has 0 aliphatic carbocycles. The second kappa shape index (κ2) is 13.0. The molecular weight excluding hydrogens is 572 g/mol. The predicted octanol–water partition coefficient (Wildman–Crippen LogP) is 7.23. The first kappa shape index (κ1) is 29.6. The second-order valence-corrected chi connectivity index (χ2v) is 10.9. The number of aryl methyl sites for hydroxylation is 1. The van der Waals surface area contributed by atoms with Crippen molar-refractivity contribution in [3.63, 3.8) is 0 Å². The van der Waals surface area contributed by atoms with Gasteiger partial charge in [-0.05, 0) is 93.6 Å². The minimum Gasteiger partial charge on any atom is -0.324 e. The lowest BCUT2D eigenvalue weighted by atomic mass is 10.0. The van der Waals surface area contributed by atoms with E-state index in [2.05, 4.69) is 46.7 Å². The molecule has 10 heteroatoms. The van der Waals surface area contributed by atoms with Gasteiger partial charge in [0.2, 0.25) is 5.95 Å². The number of carbonyl (C=O) groups is 1. The van der Waals surface area contributed by atoms with Crippen LogP contribution in [0.15, 0.2) is 103 Å². The Morgan fingerprint density at radius 2 is 1.67 bits per heavy atom. The van der Waals surface area contributed by atoms with Crippen molar-refractivity contribution in [3.8, 4) is 22.5 Å². The van der Waals surface area contributed by atoms with Gasteiger partial charge in [0, 0.05) is 29.3 Å². The van der Waals surface area contributed by atoms with Gasteiger partial charge in [-0.2, -0.15) is 5.10 Å². The van der Waals surface area contributed by atoms with Crippen LogP contribution in [0.3, 0.4) is 0 Å². The van der Waals surface area contributed by atoms with E-state index in [0.29, 0.717) is 28.6 Å². The lowest BCUT2D eigenvalue weighted by molar-refractivity contribution is 0.101. The zero-order valence-electron chi connectivity index (χ0n) is 24.8. The highest BCUT2D eigenvalue weighted by Crippen LogP contribution is 2.35. The van der Waals surface area contributed by atoms with E-state index in [-0.39, 0.29) is 0 Å². The monoisotopic (exact) mass is 603 g/mol. The summed E-state index contributed by atoms with van der Waals surface area (Å²) in [6.07, 6.45) is 5.63. The van der Waals surface area contributed by atoms with Crippen LogP contribution in [0.2, 0.25) is 0 Å². The first-order valence-corrected chi connectivity index (χ1v) is 14.5. The van der Waals surface area contributed by atoms with E-state index in [1.807, 2.05) is 48.7 Å². The number of amides is 1. The van der Waals surface area contributed by atoms with E-state index >= 15 is 0 Å². The Balaban J connectivity index is 1.29. The lowest BCUT2D eigenvalue weighted by Crippen LogP contribution is -2.15. The third kappa shape index (κ3) is 6.71. The van der Waals surface area contributed by atoms with Gasteiger partial charge in [0.05, 0.1) is 16.8 Å². The maximum atomic E-state index is 14.2. The molecule has 3 heterocycles. The van der Waals surface area contributed by atoms with Crippen LogP contribution in [0, 0.1) is 11.6 Å². The zero-order valence-corrected chi connectivity index (χ0v) is 24.8. The van der Waals surface area contributed by atoms with Crippen molar-refractivity contribution in [1.29, 1.82) is 0 Å². The van der Waals surface area contributed by atoms with E-state index in [0.717, 1.165) is 48.3 Å². The predicted molar refractivity (Wildman–Crippen MR) is 173 cm³/mol. The van der Waals surface area contributed by atoms with Gasteiger partial charge in [0.25, 0.3) is 5.91 Å². The summed E-state index contributed by atoms with van der Waals surface area (Å²) in [7, 11) is 4.15.